The fourth-order valence-electron chi connectivity index (χ4n) is 2.98. The molecule has 6 nitrogen and oxygen atoms in total. The van der Waals surface area contributed by atoms with Crippen LogP contribution in [0.1, 0.15) is 24.4 Å². The van der Waals surface area contributed by atoms with Crippen molar-refractivity contribution >= 4 is 31.7 Å². The van der Waals surface area contributed by atoms with Crippen molar-refractivity contribution in [2.45, 2.75) is 41.7 Å². The maximum absolute atomic E-state index is 13.8. The monoisotopic (exact) mass is 519 g/mol. The van der Waals surface area contributed by atoms with Gasteiger partial charge in [0.15, 0.2) is 9.84 Å². The van der Waals surface area contributed by atoms with Crippen molar-refractivity contribution in [1.29, 1.82) is 0 Å². The standard InChI is InChI=1S/C20H21BrF3N3O3S/c21-14-6-8-15(9-7-14)31(29,30)12-16(18(28)27-19(25)10-11-19)26-17(20(22,23)24)13-4-2-1-3-5-13/h1-9,16-17,26H,10-12,25H2,(H,27,28)/t16-,17-/m0/s1. The summed E-state index contributed by atoms with van der Waals surface area (Å²) < 4.78 is 67.8. The Hall–Kier alpha value is -1.95. The third kappa shape index (κ3) is 6.28. The van der Waals surface area contributed by atoms with Crippen LogP contribution < -0.4 is 16.4 Å². The van der Waals surface area contributed by atoms with Crippen LogP contribution in [0.25, 0.3) is 0 Å². The molecule has 1 aliphatic rings. The lowest BCUT2D eigenvalue weighted by Crippen LogP contribution is -2.56. The van der Waals surface area contributed by atoms with Crippen LogP contribution >= 0.6 is 15.9 Å². The molecule has 1 aliphatic carbocycles. The van der Waals surface area contributed by atoms with Crippen molar-refractivity contribution in [1.82, 2.24) is 10.6 Å². The minimum absolute atomic E-state index is 0.104. The van der Waals surface area contributed by atoms with E-state index in [-0.39, 0.29) is 10.5 Å². The van der Waals surface area contributed by atoms with Gasteiger partial charge in [-0.25, -0.2) is 8.42 Å². The van der Waals surface area contributed by atoms with Crippen LogP contribution in [-0.2, 0) is 14.6 Å². The predicted molar refractivity (Wildman–Crippen MR) is 113 cm³/mol. The van der Waals surface area contributed by atoms with E-state index in [4.69, 9.17) is 5.73 Å². The molecule has 3 rings (SSSR count). The Kier molecular flexibility index (Phi) is 6.80. The first kappa shape index (κ1) is 23.7. The number of nitrogens with one attached hydrogen (secondary N) is 2. The molecule has 0 saturated heterocycles. The number of rotatable bonds is 8. The van der Waals surface area contributed by atoms with E-state index in [1.54, 1.807) is 6.07 Å². The van der Waals surface area contributed by atoms with Gasteiger partial charge in [0.1, 0.15) is 12.1 Å². The fraction of sp³-hybridized carbons (Fsp3) is 0.350. The summed E-state index contributed by atoms with van der Waals surface area (Å²) in [6.07, 6.45) is -3.83. The highest BCUT2D eigenvalue weighted by Crippen LogP contribution is 2.34. The van der Waals surface area contributed by atoms with Gasteiger partial charge in [0.2, 0.25) is 5.91 Å². The van der Waals surface area contributed by atoms with Crippen LogP contribution in [0.2, 0.25) is 0 Å². The molecule has 168 valence electrons. The summed E-state index contributed by atoms with van der Waals surface area (Å²) >= 11 is 3.20. The third-order valence-corrected chi connectivity index (χ3v) is 7.16. The largest absolute Gasteiger partial charge is 0.407 e. The predicted octanol–water partition coefficient (Wildman–Crippen LogP) is 3.05. The molecule has 2 aromatic rings. The molecule has 2 atom stereocenters. The van der Waals surface area contributed by atoms with Gasteiger partial charge in [-0.15, -0.1) is 0 Å². The van der Waals surface area contributed by atoms with E-state index in [0.717, 1.165) is 0 Å². The quantitative estimate of drug-likeness (QED) is 0.465. The van der Waals surface area contributed by atoms with Gasteiger partial charge in [0.05, 0.1) is 16.3 Å². The zero-order valence-electron chi connectivity index (χ0n) is 16.2. The van der Waals surface area contributed by atoms with Gasteiger partial charge in [-0.1, -0.05) is 46.3 Å². The molecule has 11 heteroatoms. The smallest absolute Gasteiger partial charge is 0.337 e. The number of halogens is 4. The second-order valence-electron chi connectivity index (χ2n) is 7.49. The number of carbonyl (C=O) groups is 1. The first-order valence-corrected chi connectivity index (χ1v) is 11.8. The van der Waals surface area contributed by atoms with Gasteiger partial charge in [0.25, 0.3) is 0 Å². The van der Waals surface area contributed by atoms with Crippen molar-refractivity contribution in [2.75, 3.05) is 5.75 Å². The van der Waals surface area contributed by atoms with Crippen LogP contribution in [0, 0.1) is 0 Å². The lowest BCUT2D eigenvalue weighted by Gasteiger charge is -2.28. The van der Waals surface area contributed by atoms with Crippen LogP contribution in [0.3, 0.4) is 0 Å². The molecule has 0 unspecified atom stereocenters. The highest BCUT2D eigenvalue weighted by molar-refractivity contribution is 9.10. The molecule has 0 heterocycles. The average molecular weight is 520 g/mol. The summed E-state index contributed by atoms with van der Waals surface area (Å²) in [7, 11) is -4.08. The number of nitrogens with two attached hydrogens (primary N) is 1. The van der Waals surface area contributed by atoms with Crippen LogP contribution in [0.5, 0.6) is 0 Å². The normalized spacial score (nSPS) is 17.6. The zero-order chi connectivity index (χ0) is 22.9. The van der Waals surface area contributed by atoms with Crippen LogP contribution in [0.4, 0.5) is 13.2 Å². The minimum atomic E-state index is -4.76. The Bertz CT molecular complexity index is 1030. The SMILES string of the molecule is NC1(NC(=O)[C@H](CS(=O)(=O)c2ccc(Br)cc2)N[C@@H](c2ccccc2)C(F)(F)F)CC1. The van der Waals surface area contributed by atoms with E-state index in [2.05, 4.69) is 26.6 Å². The molecule has 0 aromatic heterocycles. The maximum Gasteiger partial charge on any atom is 0.407 e. The number of hydrogen-bond acceptors (Lipinski definition) is 5. The lowest BCUT2D eigenvalue weighted by molar-refractivity contribution is -0.160. The van der Waals surface area contributed by atoms with E-state index in [1.165, 1.54) is 48.5 Å². The van der Waals surface area contributed by atoms with E-state index < -0.39 is 45.4 Å². The molecule has 31 heavy (non-hydrogen) atoms. The zero-order valence-corrected chi connectivity index (χ0v) is 18.6. The topological polar surface area (TPSA) is 101 Å². The first-order valence-electron chi connectivity index (χ1n) is 9.37. The van der Waals surface area contributed by atoms with Crippen molar-refractivity contribution in [3.05, 3.63) is 64.6 Å². The summed E-state index contributed by atoms with van der Waals surface area (Å²) in [6, 6.07) is 8.65. The summed E-state index contributed by atoms with van der Waals surface area (Å²) in [6.45, 7) is 0. The molecule has 4 N–H and O–H groups in total. The molecular weight excluding hydrogens is 499 g/mol. The molecular formula is C20H21BrF3N3O3S. The second-order valence-corrected chi connectivity index (χ2v) is 10.4. The Morgan fingerprint density at radius 2 is 1.68 bits per heavy atom. The van der Waals surface area contributed by atoms with Gasteiger partial charge in [-0.3, -0.25) is 10.1 Å². The summed E-state index contributed by atoms with van der Waals surface area (Å²) in [5, 5.41) is 4.68. The summed E-state index contributed by atoms with van der Waals surface area (Å²) in [5.41, 5.74) is 4.72. The molecule has 1 fully saturated rings. The Balaban J connectivity index is 1.91. The molecule has 0 aliphatic heterocycles. The van der Waals surface area contributed by atoms with E-state index >= 15 is 0 Å². The van der Waals surface area contributed by atoms with Crippen molar-refractivity contribution in [2.24, 2.45) is 5.73 Å². The van der Waals surface area contributed by atoms with Gasteiger partial charge in [-0.05, 0) is 42.7 Å². The maximum atomic E-state index is 13.8. The number of benzene rings is 2. The van der Waals surface area contributed by atoms with Crippen molar-refractivity contribution < 1.29 is 26.4 Å². The molecule has 0 spiro atoms. The van der Waals surface area contributed by atoms with E-state index in [1.807, 2.05) is 0 Å². The molecule has 1 amide bonds. The highest BCUT2D eigenvalue weighted by atomic mass is 79.9. The second kappa shape index (κ2) is 8.89. The lowest BCUT2D eigenvalue weighted by atomic mass is 10.1. The minimum Gasteiger partial charge on any atom is -0.337 e. The summed E-state index contributed by atoms with van der Waals surface area (Å²) in [4.78, 5) is 12.7. The molecule has 0 radical (unpaired) electrons. The van der Waals surface area contributed by atoms with Gasteiger partial charge in [-0.2, -0.15) is 13.2 Å². The Morgan fingerprint density at radius 1 is 1.10 bits per heavy atom. The van der Waals surface area contributed by atoms with Gasteiger partial charge < -0.3 is 11.1 Å². The highest BCUT2D eigenvalue weighted by Gasteiger charge is 2.46. The molecule has 1 saturated carbocycles. The van der Waals surface area contributed by atoms with E-state index in [9.17, 15) is 26.4 Å². The fourth-order valence-corrected chi connectivity index (χ4v) is 4.67. The number of hydrogen-bond donors (Lipinski definition) is 3. The Morgan fingerprint density at radius 3 is 2.19 bits per heavy atom. The first-order chi connectivity index (χ1) is 14.4. The third-order valence-electron chi connectivity index (χ3n) is 4.86. The van der Waals surface area contributed by atoms with E-state index in [0.29, 0.717) is 17.3 Å². The van der Waals surface area contributed by atoms with Crippen LogP contribution in [0.15, 0.2) is 64.0 Å². The number of amides is 1. The van der Waals surface area contributed by atoms with Crippen LogP contribution in [-0.4, -0.2) is 38.0 Å². The number of sulfone groups is 1. The number of carbonyl (C=O) groups excluding carboxylic acids is 1. The summed E-state index contributed by atoms with van der Waals surface area (Å²) in [5.74, 6) is -1.76. The van der Waals surface area contributed by atoms with Crippen molar-refractivity contribution in [3.8, 4) is 0 Å². The molecule has 2 aromatic carbocycles. The number of alkyl halides is 3. The van der Waals surface area contributed by atoms with Gasteiger partial charge >= 0.3 is 6.18 Å². The molecule has 0 bridgehead atoms. The average Bonchev–Trinajstić information content (AvgIpc) is 3.41. The van der Waals surface area contributed by atoms with Crippen molar-refractivity contribution in [3.63, 3.8) is 0 Å². The van der Waals surface area contributed by atoms with Gasteiger partial charge in [0, 0.05) is 4.47 Å². The Labute approximate surface area is 186 Å².